The number of likely N-dealkylation sites (N-methyl/N-ethyl adjacent to an activating group) is 1. The van der Waals surface area contributed by atoms with Gasteiger partial charge in [0.25, 0.3) is 0 Å². The lowest BCUT2D eigenvalue weighted by atomic mass is 10.1. The summed E-state index contributed by atoms with van der Waals surface area (Å²) in [5, 5.41) is 4.79. The topological polar surface area (TPSA) is 58.2 Å². The first kappa shape index (κ1) is 15.4. The monoisotopic (exact) mass is 238 g/mol. The predicted molar refractivity (Wildman–Crippen MR) is 69.5 cm³/mol. The summed E-state index contributed by atoms with van der Waals surface area (Å²) < 4.78 is 0. The van der Waals surface area contributed by atoms with E-state index in [1.165, 1.54) is 18.2 Å². The van der Waals surface area contributed by atoms with E-state index in [1.807, 2.05) is 13.0 Å². The van der Waals surface area contributed by atoms with Crippen LogP contribution in [0.2, 0.25) is 0 Å². The van der Waals surface area contributed by atoms with Crippen LogP contribution in [0.15, 0.2) is 23.3 Å². The predicted octanol–water partition coefficient (Wildman–Crippen LogP) is 1.54. The lowest BCUT2D eigenvalue weighted by Crippen LogP contribution is -2.38. The Labute approximate surface area is 103 Å². The summed E-state index contributed by atoms with van der Waals surface area (Å²) in [5.74, 6) is -1.21. The van der Waals surface area contributed by atoms with Gasteiger partial charge in [0.05, 0.1) is 0 Å². The van der Waals surface area contributed by atoms with E-state index in [0.717, 1.165) is 12.8 Å². The lowest BCUT2D eigenvalue weighted by molar-refractivity contribution is -0.138. The van der Waals surface area contributed by atoms with Gasteiger partial charge >= 0.3 is 11.8 Å². The van der Waals surface area contributed by atoms with Gasteiger partial charge in [0.2, 0.25) is 0 Å². The Morgan fingerprint density at radius 1 is 1.06 bits per heavy atom. The first-order valence-electron chi connectivity index (χ1n) is 5.76. The lowest BCUT2D eigenvalue weighted by Gasteiger charge is -2.02. The molecule has 0 atom stereocenters. The van der Waals surface area contributed by atoms with Crippen molar-refractivity contribution >= 4 is 11.8 Å². The second kappa shape index (κ2) is 8.56. The minimum atomic E-state index is -0.611. The summed E-state index contributed by atoms with van der Waals surface area (Å²) in [4.78, 5) is 22.0. The summed E-state index contributed by atoms with van der Waals surface area (Å²) >= 11 is 0. The molecule has 0 bridgehead atoms. The molecule has 0 aromatic carbocycles. The standard InChI is InChI=1S/C13H22N2O2/c1-10(2)6-5-7-11(3)8-9-15-13(17)12(16)14-4/h6,8H,5,7,9H2,1-4H3,(H,14,16)(H,15,17)/b11-8+. The second-order valence-electron chi connectivity index (χ2n) is 4.16. The summed E-state index contributed by atoms with van der Waals surface area (Å²) in [6, 6.07) is 0. The maximum absolute atomic E-state index is 11.1. The van der Waals surface area contributed by atoms with Crippen molar-refractivity contribution in [1.82, 2.24) is 10.6 Å². The number of allylic oxidation sites excluding steroid dienone is 3. The van der Waals surface area contributed by atoms with Crippen molar-refractivity contribution in [2.45, 2.75) is 33.6 Å². The third-order valence-corrected chi connectivity index (χ3v) is 2.24. The molecular weight excluding hydrogens is 216 g/mol. The minimum Gasteiger partial charge on any atom is -0.351 e. The highest BCUT2D eigenvalue weighted by Crippen LogP contribution is 2.05. The fourth-order valence-corrected chi connectivity index (χ4v) is 1.20. The average Bonchev–Trinajstić information content (AvgIpc) is 2.27. The molecule has 0 heterocycles. The summed E-state index contributed by atoms with van der Waals surface area (Å²) in [6.45, 7) is 6.56. The number of hydrogen-bond acceptors (Lipinski definition) is 2. The minimum absolute atomic E-state index is 0.396. The van der Waals surface area contributed by atoms with Crippen LogP contribution < -0.4 is 10.6 Å². The van der Waals surface area contributed by atoms with Crippen LogP contribution in [0.5, 0.6) is 0 Å². The summed E-state index contributed by atoms with van der Waals surface area (Å²) in [5.41, 5.74) is 2.52. The van der Waals surface area contributed by atoms with E-state index in [9.17, 15) is 9.59 Å². The molecule has 0 aliphatic heterocycles. The van der Waals surface area contributed by atoms with Crippen molar-refractivity contribution in [2.24, 2.45) is 0 Å². The molecule has 0 radical (unpaired) electrons. The van der Waals surface area contributed by atoms with Gasteiger partial charge in [-0.05, 0) is 33.6 Å². The third-order valence-electron chi connectivity index (χ3n) is 2.24. The van der Waals surface area contributed by atoms with Gasteiger partial charge in [0, 0.05) is 13.6 Å². The Morgan fingerprint density at radius 2 is 1.71 bits per heavy atom. The van der Waals surface area contributed by atoms with Crippen LogP contribution in [-0.2, 0) is 9.59 Å². The molecule has 0 saturated carbocycles. The molecule has 0 unspecified atom stereocenters. The van der Waals surface area contributed by atoms with Crippen molar-refractivity contribution in [1.29, 1.82) is 0 Å². The first-order valence-corrected chi connectivity index (χ1v) is 5.76. The smallest absolute Gasteiger partial charge is 0.309 e. The summed E-state index contributed by atoms with van der Waals surface area (Å²) in [6.07, 6.45) is 6.09. The number of carbonyl (C=O) groups excluding carboxylic acids is 2. The van der Waals surface area contributed by atoms with Crippen molar-refractivity contribution in [3.05, 3.63) is 23.3 Å². The largest absolute Gasteiger partial charge is 0.351 e. The van der Waals surface area contributed by atoms with Crippen LogP contribution in [0.3, 0.4) is 0 Å². The normalized spacial score (nSPS) is 10.7. The van der Waals surface area contributed by atoms with E-state index in [2.05, 4.69) is 30.6 Å². The van der Waals surface area contributed by atoms with Crippen molar-refractivity contribution < 1.29 is 9.59 Å². The highest BCUT2D eigenvalue weighted by Gasteiger charge is 2.08. The number of amides is 2. The van der Waals surface area contributed by atoms with Gasteiger partial charge in [-0.2, -0.15) is 0 Å². The number of nitrogens with one attached hydrogen (secondary N) is 2. The van der Waals surface area contributed by atoms with E-state index in [-0.39, 0.29) is 0 Å². The molecule has 0 aromatic heterocycles. The van der Waals surface area contributed by atoms with Gasteiger partial charge in [-0.1, -0.05) is 23.3 Å². The van der Waals surface area contributed by atoms with E-state index < -0.39 is 11.8 Å². The molecule has 0 spiro atoms. The molecule has 17 heavy (non-hydrogen) atoms. The Hall–Kier alpha value is -1.58. The summed E-state index contributed by atoms with van der Waals surface area (Å²) in [7, 11) is 1.43. The van der Waals surface area contributed by atoms with Crippen LogP contribution in [0.4, 0.5) is 0 Å². The molecule has 0 saturated heterocycles. The fourth-order valence-electron chi connectivity index (χ4n) is 1.20. The molecule has 0 aromatic rings. The van der Waals surface area contributed by atoms with E-state index in [0.29, 0.717) is 6.54 Å². The van der Waals surface area contributed by atoms with Gasteiger partial charge < -0.3 is 10.6 Å². The zero-order chi connectivity index (χ0) is 13.3. The van der Waals surface area contributed by atoms with Gasteiger partial charge in [0.15, 0.2) is 0 Å². The Balaban J connectivity index is 3.88. The fraction of sp³-hybridized carbons (Fsp3) is 0.538. The van der Waals surface area contributed by atoms with Gasteiger partial charge in [-0.25, -0.2) is 0 Å². The van der Waals surface area contributed by atoms with E-state index in [1.54, 1.807) is 0 Å². The maximum Gasteiger partial charge on any atom is 0.309 e. The van der Waals surface area contributed by atoms with Gasteiger partial charge in [-0.3, -0.25) is 9.59 Å². The molecule has 4 heteroatoms. The van der Waals surface area contributed by atoms with Crippen LogP contribution in [-0.4, -0.2) is 25.4 Å². The van der Waals surface area contributed by atoms with Gasteiger partial charge in [0.1, 0.15) is 0 Å². The van der Waals surface area contributed by atoms with E-state index >= 15 is 0 Å². The van der Waals surface area contributed by atoms with E-state index in [4.69, 9.17) is 0 Å². The molecular formula is C13H22N2O2. The van der Waals surface area contributed by atoms with Crippen LogP contribution >= 0.6 is 0 Å². The zero-order valence-corrected chi connectivity index (χ0v) is 11.1. The second-order valence-corrected chi connectivity index (χ2v) is 4.16. The molecule has 0 aliphatic carbocycles. The molecule has 0 rings (SSSR count). The zero-order valence-electron chi connectivity index (χ0n) is 11.1. The molecule has 2 amide bonds. The van der Waals surface area contributed by atoms with Crippen molar-refractivity contribution in [3.63, 3.8) is 0 Å². The molecule has 4 nitrogen and oxygen atoms in total. The number of carbonyl (C=O) groups is 2. The number of rotatable bonds is 5. The SMILES string of the molecule is CNC(=O)C(=O)NC/C=C(\C)CCC=C(C)C. The van der Waals surface area contributed by atoms with Crippen molar-refractivity contribution in [3.8, 4) is 0 Å². The van der Waals surface area contributed by atoms with Crippen LogP contribution in [0, 0.1) is 0 Å². The highest BCUT2D eigenvalue weighted by molar-refractivity contribution is 6.35. The third kappa shape index (κ3) is 8.25. The molecule has 2 N–H and O–H groups in total. The highest BCUT2D eigenvalue weighted by atomic mass is 16.2. The van der Waals surface area contributed by atoms with Crippen LogP contribution in [0.25, 0.3) is 0 Å². The van der Waals surface area contributed by atoms with Gasteiger partial charge in [-0.15, -0.1) is 0 Å². The molecule has 0 aliphatic rings. The first-order chi connectivity index (χ1) is 7.97. The Kier molecular flexibility index (Phi) is 7.76. The Morgan fingerprint density at radius 3 is 2.24 bits per heavy atom. The maximum atomic E-state index is 11.1. The Bertz CT molecular complexity index is 326. The average molecular weight is 238 g/mol. The number of hydrogen-bond donors (Lipinski definition) is 2. The van der Waals surface area contributed by atoms with Crippen LogP contribution in [0.1, 0.15) is 33.6 Å². The quantitative estimate of drug-likeness (QED) is 0.564. The molecule has 0 fully saturated rings. The van der Waals surface area contributed by atoms with Crippen molar-refractivity contribution in [2.75, 3.05) is 13.6 Å². The molecule has 96 valence electrons.